The molecule has 0 bridgehead atoms. The maximum absolute atomic E-state index is 12.3. The number of H-pyrrole nitrogens is 2. The van der Waals surface area contributed by atoms with E-state index in [4.69, 9.17) is 0 Å². The molecule has 0 spiro atoms. The van der Waals surface area contributed by atoms with E-state index < -0.39 is 5.69 Å². The number of nitrogens with one attached hydrogen (secondary N) is 2. The van der Waals surface area contributed by atoms with Crippen molar-refractivity contribution in [3.8, 4) is 0 Å². The first-order valence-corrected chi connectivity index (χ1v) is 8.28. The van der Waals surface area contributed by atoms with E-state index in [1.165, 1.54) is 42.5 Å². The highest BCUT2D eigenvalue weighted by Gasteiger charge is 2.34. The highest BCUT2D eigenvalue weighted by atomic mass is 16.2. The van der Waals surface area contributed by atoms with Gasteiger partial charge in [0, 0.05) is 11.9 Å². The number of hydrogen-bond donors (Lipinski definition) is 2. The zero-order valence-electron chi connectivity index (χ0n) is 12.7. The molecule has 1 unspecified atom stereocenters. The van der Waals surface area contributed by atoms with Crippen molar-refractivity contribution in [2.45, 2.75) is 57.4 Å². The second-order valence-corrected chi connectivity index (χ2v) is 6.49. The van der Waals surface area contributed by atoms with Crippen LogP contribution in [0.5, 0.6) is 0 Å². The number of anilines is 1. The second-order valence-electron chi connectivity index (χ2n) is 6.49. The van der Waals surface area contributed by atoms with E-state index in [-0.39, 0.29) is 11.6 Å². The molecule has 1 saturated carbocycles. The molecule has 5 heteroatoms. The van der Waals surface area contributed by atoms with Crippen LogP contribution in [0.4, 0.5) is 5.69 Å². The van der Waals surface area contributed by atoms with Crippen LogP contribution >= 0.6 is 0 Å². The molecule has 2 heterocycles. The van der Waals surface area contributed by atoms with Gasteiger partial charge in [-0.1, -0.05) is 12.5 Å². The molecule has 3 aliphatic rings. The van der Waals surface area contributed by atoms with Gasteiger partial charge in [0.25, 0.3) is 5.56 Å². The minimum absolute atomic E-state index is 0.284. The topological polar surface area (TPSA) is 69.0 Å². The monoisotopic (exact) mass is 299 g/mol. The van der Waals surface area contributed by atoms with Crippen LogP contribution in [-0.4, -0.2) is 16.0 Å². The van der Waals surface area contributed by atoms with Gasteiger partial charge in [0.1, 0.15) is 5.69 Å². The van der Waals surface area contributed by atoms with Crippen molar-refractivity contribution in [2.75, 3.05) is 4.90 Å². The summed E-state index contributed by atoms with van der Waals surface area (Å²) in [6, 6.07) is 0.289. The van der Waals surface area contributed by atoms with Crippen molar-refractivity contribution in [3.63, 3.8) is 0 Å². The smallest absolute Gasteiger partial charge is 0.325 e. The Hall–Kier alpha value is -2.04. The van der Waals surface area contributed by atoms with E-state index in [0.717, 1.165) is 25.7 Å². The lowest BCUT2D eigenvalue weighted by Gasteiger charge is -2.43. The largest absolute Gasteiger partial charge is 0.332 e. The van der Waals surface area contributed by atoms with Gasteiger partial charge in [-0.2, -0.15) is 0 Å². The van der Waals surface area contributed by atoms with Gasteiger partial charge in [-0.25, -0.2) is 4.79 Å². The Labute approximate surface area is 128 Å². The van der Waals surface area contributed by atoms with Crippen LogP contribution in [0.25, 0.3) is 0 Å². The molecule has 0 amide bonds. The summed E-state index contributed by atoms with van der Waals surface area (Å²) in [5.41, 5.74) is 4.00. The highest BCUT2D eigenvalue weighted by molar-refractivity contribution is 5.59. The molecule has 1 aliphatic heterocycles. The first-order chi connectivity index (χ1) is 10.7. The van der Waals surface area contributed by atoms with Crippen molar-refractivity contribution in [1.29, 1.82) is 0 Å². The number of fused-ring (bicyclic) bond motifs is 1. The van der Waals surface area contributed by atoms with Gasteiger partial charge in [0.05, 0.1) is 6.04 Å². The molecule has 5 nitrogen and oxygen atoms in total. The van der Waals surface area contributed by atoms with Gasteiger partial charge in [0.2, 0.25) is 0 Å². The quantitative estimate of drug-likeness (QED) is 0.837. The number of nitrogens with zero attached hydrogens (tertiary/aromatic N) is 1. The molecule has 1 fully saturated rings. The number of aromatic amines is 2. The van der Waals surface area contributed by atoms with Crippen molar-refractivity contribution in [2.24, 2.45) is 0 Å². The van der Waals surface area contributed by atoms with Crippen LogP contribution in [0.15, 0.2) is 38.7 Å². The fraction of sp³-hybridized carbons (Fsp3) is 0.529. The third-order valence-corrected chi connectivity index (χ3v) is 5.12. The van der Waals surface area contributed by atoms with Crippen molar-refractivity contribution in [3.05, 3.63) is 50.0 Å². The molecular weight excluding hydrogens is 278 g/mol. The fourth-order valence-corrected chi connectivity index (χ4v) is 4.13. The molecule has 116 valence electrons. The van der Waals surface area contributed by atoms with Gasteiger partial charge in [-0.15, -0.1) is 0 Å². The van der Waals surface area contributed by atoms with Crippen LogP contribution in [0.3, 0.4) is 0 Å². The Balaban J connectivity index is 1.87. The Morgan fingerprint density at radius 3 is 2.73 bits per heavy atom. The van der Waals surface area contributed by atoms with E-state index >= 15 is 0 Å². The van der Waals surface area contributed by atoms with Crippen LogP contribution in [-0.2, 0) is 0 Å². The third kappa shape index (κ3) is 2.16. The molecule has 1 atom stereocenters. The Kier molecular flexibility index (Phi) is 3.28. The summed E-state index contributed by atoms with van der Waals surface area (Å²) in [6.45, 7) is 0. The van der Waals surface area contributed by atoms with Gasteiger partial charge < -0.3 is 9.88 Å². The maximum Gasteiger partial charge on any atom is 0.325 e. The number of hydrogen-bond acceptors (Lipinski definition) is 3. The molecule has 1 aromatic heterocycles. The lowest BCUT2D eigenvalue weighted by Crippen LogP contribution is -2.44. The third-order valence-electron chi connectivity index (χ3n) is 5.12. The van der Waals surface area contributed by atoms with Gasteiger partial charge >= 0.3 is 5.69 Å². The number of allylic oxidation sites excluding steroid dienone is 3. The minimum Gasteiger partial charge on any atom is -0.332 e. The van der Waals surface area contributed by atoms with Gasteiger partial charge in [-0.05, 0) is 56.1 Å². The first kappa shape index (κ1) is 13.6. The summed E-state index contributed by atoms with van der Waals surface area (Å²) in [5.74, 6) is 0. The van der Waals surface area contributed by atoms with Crippen LogP contribution in [0.2, 0.25) is 0 Å². The predicted octanol–water partition coefficient (Wildman–Crippen LogP) is 2.58. The maximum atomic E-state index is 12.3. The molecule has 0 aromatic carbocycles. The summed E-state index contributed by atoms with van der Waals surface area (Å²) in [5, 5.41) is 0. The molecule has 4 rings (SSSR count). The van der Waals surface area contributed by atoms with Crippen molar-refractivity contribution < 1.29 is 0 Å². The normalized spacial score (nSPS) is 24.6. The molecule has 2 aliphatic carbocycles. The summed E-state index contributed by atoms with van der Waals surface area (Å²) in [7, 11) is 0. The van der Waals surface area contributed by atoms with Gasteiger partial charge in [0.15, 0.2) is 0 Å². The SMILES string of the molecule is O=c1[nH]cc(N2C3=C(C=C4CCCCC42)CCCC3)c(=O)[nH]1. The van der Waals surface area contributed by atoms with E-state index in [9.17, 15) is 9.59 Å². The molecule has 2 N–H and O–H groups in total. The number of aromatic nitrogens is 2. The van der Waals surface area contributed by atoms with Crippen LogP contribution in [0.1, 0.15) is 51.4 Å². The molecule has 0 radical (unpaired) electrons. The molecule has 0 saturated heterocycles. The summed E-state index contributed by atoms with van der Waals surface area (Å²) in [6.07, 6.45) is 13.1. The van der Waals surface area contributed by atoms with E-state index in [1.54, 1.807) is 6.20 Å². The first-order valence-electron chi connectivity index (χ1n) is 8.28. The fourth-order valence-electron chi connectivity index (χ4n) is 4.13. The van der Waals surface area contributed by atoms with Gasteiger partial charge in [-0.3, -0.25) is 9.78 Å². The van der Waals surface area contributed by atoms with E-state index in [2.05, 4.69) is 20.9 Å². The average molecular weight is 299 g/mol. The molecule has 1 aromatic rings. The average Bonchev–Trinajstić information content (AvgIpc) is 2.53. The van der Waals surface area contributed by atoms with Crippen molar-refractivity contribution in [1.82, 2.24) is 9.97 Å². The standard InChI is InChI=1S/C17H21N3O2/c21-16-15(10-18-17(22)19-16)20-13-7-3-1-5-11(13)9-12-6-2-4-8-14(12)20/h9-10,13H,1-8H2,(H2,18,19,21,22). The lowest BCUT2D eigenvalue weighted by molar-refractivity contribution is 0.494. The number of rotatable bonds is 1. The molecular formula is C17H21N3O2. The minimum atomic E-state index is -0.442. The van der Waals surface area contributed by atoms with Crippen LogP contribution < -0.4 is 16.1 Å². The Bertz CT molecular complexity index is 769. The Morgan fingerprint density at radius 2 is 1.86 bits per heavy atom. The van der Waals surface area contributed by atoms with Crippen molar-refractivity contribution >= 4 is 5.69 Å². The van der Waals surface area contributed by atoms with E-state index in [0.29, 0.717) is 5.69 Å². The summed E-state index contributed by atoms with van der Waals surface area (Å²) >= 11 is 0. The molecule has 22 heavy (non-hydrogen) atoms. The van der Waals surface area contributed by atoms with E-state index in [1.807, 2.05) is 0 Å². The zero-order valence-corrected chi connectivity index (χ0v) is 12.7. The highest BCUT2D eigenvalue weighted by Crippen LogP contribution is 2.42. The second kappa shape index (κ2) is 5.30. The zero-order chi connectivity index (χ0) is 15.1. The predicted molar refractivity (Wildman–Crippen MR) is 86.0 cm³/mol. The Morgan fingerprint density at radius 1 is 1.05 bits per heavy atom. The summed E-state index contributed by atoms with van der Waals surface area (Å²) < 4.78 is 0. The lowest BCUT2D eigenvalue weighted by atomic mass is 9.81. The summed E-state index contributed by atoms with van der Waals surface area (Å²) in [4.78, 5) is 30.9. The van der Waals surface area contributed by atoms with Crippen LogP contribution in [0, 0.1) is 0 Å².